The highest BCUT2D eigenvalue weighted by Crippen LogP contribution is 2.08. The van der Waals surface area contributed by atoms with E-state index in [-0.39, 0.29) is 0 Å². The van der Waals surface area contributed by atoms with E-state index in [9.17, 15) is 0 Å². The van der Waals surface area contributed by atoms with E-state index in [0.717, 1.165) is 10.2 Å². The molecule has 0 N–H and O–H groups in total. The fourth-order valence-electron chi connectivity index (χ4n) is 0.581. The molecule has 0 aromatic heterocycles. The lowest BCUT2D eigenvalue weighted by atomic mass is 10.4. The van der Waals surface area contributed by atoms with Crippen molar-refractivity contribution in [2.24, 2.45) is 0 Å². The summed E-state index contributed by atoms with van der Waals surface area (Å²) in [6.45, 7) is 0. The number of benzene rings is 1. The van der Waals surface area contributed by atoms with Crippen molar-refractivity contribution in [3.63, 3.8) is 0 Å². The summed E-state index contributed by atoms with van der Waals surface area (Å²) in [6.07, 6.45) is 0. The van der Waals surface area contributed by atoms with E-state index in [1.165, 1.54) is 13.2 Å². The number of rotatable bonds is 0. The van der Waals surface area contributed by atoms with Crippen molar-refractivity contribution < 1.29 is 0 Å². The largest absolute Gasteiger partial charge is 0.0601 e. The molecule has 1 aromatic rings. The molecule has 9 heavy (non-hydrogen) atoms. The van der Waals surface area contributed by atoms with Gasteiger partial charge in [-0.1, -0.05) is 22.0 Å². The molecule has 0 aliphatic carbocycles. The minimum Gasteiger partial charge on any atom is -0.0601 e. The Morgan fingerprint density at radius 3 is 2.56 bits per heavy atom. The van der Waals surface area contributed by atoms with E-state index >= 15 is 0 Å². The molecule has 0 aliphatic rings. The van der Waals surface area contributed by atoms with Crippen molar-refractivity contribution in [2.45, 2.75) is 0 Å². The van der Waals surface area contributed by atoms with Crippen LogP contribution in [0.3, 0.4) is 0 Å². The summed E-state index contributed by atoms with van der Waals surface area (Å²) in [7, 11) is 1.12. The van der Waals surface area contributed by atoms with Gasteiger partial charge in [-0.15, -0.1) is 0 Å². The zero-order valence-corrected chi connectivity index (χ0v) is 10.7. The molecular weight excluding hydrogens is 307 g/mol. The van der Waals surface area contributed by atoms with Gasteiger partial charge in [0, 0.05) is 18.3 Å². The van der Waals surface area contributed by atoms with Crippen LogP contribution in [0.1, 0.15) is 0 Å². The Balaban J connectivity index is 3.25. The highest BCUT2D eigenvalue weighted by atomic mass is 127. The molecule has 48 valence electrons. The first kappa shape index (κ1) is 7.75. The van der Waals surface area contributed by atoms with Crippen molar-refractivity contribution >= 4 is 54.0 Å². The molecule has 0 heterocycles. The molecule has 0 saturated carbocycles. The fourth-order valence-corrected chi connectivity index (χ4v) is 2.15. The van der Waals surface area contributed by atoms with Crippen LogP contribution in [-0.2, 0) is 0 Å². The van der Waals surface area contributed by atoms with Crippen molar-refractivity contribution in [2.75, 3.05) is 0 Å². The zero-order chi connectivity index (χ0) is 6.85. The number of hydrogen-bond acceptors (Lipinski definition) is 0. The molecule has 0 amide bonds. The average molecular weight is 313 g/mol. The maximum atomic E-state index is 3.48. The Morgan fingerprint density at radius 2 is 2.11 bits per heavy atom. The summed E-state index contributed by atoms with van der Waals surface area (Å²) in [6, 6.07) is 6.28. The lowest BCUT2D eigenvalue weighted by Gasteiger charge is -1.97. The molecule has 0 bridgehead atoms. The zero-order valence-electron chi connectivity index (χ0n) is 4.99. The molecule has 0 radical (unpaired) electrons. The fraction of sp³-hybridized carbons (Fsp3) is 0. The molecule has 3 heteroatoms. The highest BCUT2D eigenvalue weighted by molar-refractivity contribution is 14.1. The molecule has 0 fully saturated rings. The first-order valence-corrected chi connectivity index (χ1v) is 5.49. The van der Waals surface area contributed by atoms with Gasteiger partial charge in [0.25, 0.3) is 0 Å². The van der Waals surface area contributed by atoms with E-state index in [0.29, 0.717) is 0 Å². The Labute approximate surface area is 79.7 Å². The SMILES string of the molecule is [SiH3]c1c(Br)cccc1I. The van der Waals surface area contributed by atoms with Gasteiger partial charge < -0.3 is 0 Å². The molecular formula is C6H6BrISi. The van der Waals surface area contributed by atoms with Gasteiger partial charge in [-0.05, 0) is 39.9 Å². The first-order chi connectivity index (χ1) is 4.22. The maximum absolute atomic E-state index is 3.48. The second-order valence-electron chi connectivity index (χ2n) is 1.85. The Morgan fingerprint density at radius 1 is 1.44 bits per heavy atom. The smallest absolute Gasteiger partial charge is 0.0413 e. The van der Waals surface area contributed by atoms with Gasteiger partial charge in [-0.2, -0.15) is 0 Å². The minimum absolute atomic E-state index is 1.12. The average Bonchev–Trinajstić information content (AvgIpc) is 1.83. The van der Waals surface area contributed by atoms with E-state index < -0.39 is 0 Å². The molecule has 0 saturated heterocycles. The topological polar surface area (TPSA) is 0 Å². The predicted octanol–water partition coefficient (Wildman–Crippen LogP) is 1.04. The van der Waals surface area contributed by atoms with Crippen LogP contribution in [0.4, 0.5) is 0 Å². The van der Waals surface area contributed by atoms with Crippen molar-refractivity contribution in [3.8, 4) is 0 Å². The van der Waals surface area contributed by atoms with Crippen LogP contribution >= 0.6 is 38.5 Å². The monoisotopic (exact) mass is 312 g/mol. The van der Waals surface area contributed by atoms with Gasteiger partial charge in [0.2, 0.25) is 0 Å². The summed E-state index contributed by atoms with van der Waals surface area (Å²) in [4.78, 5) is 0. The van der Waals surface area contributed by atoms with Crippen LogP contribution in [0.5, 0.6) is 0 Å². The van der Waals surface area contributed by atoms with Crippen LogP contribution in [0, 0.1) is 3.57 Å². The predicted molar refractivity (Wildman–Crippen MR) is 56.4 cm³/mol. The third-order valence-electron chi connectivity index (χ3n) is 1.20. The van der Waals surface area contributed by atoms with Crippen LogP contribution in [0.2, 0.25) is 0 Å². The molecule has 1 aromatic carbocycles. The second kappa shape index (κ2) is 3.16. The van der Waals surface area contributed by atoms with Crippen LogP contribution in [0.15, 0.2) is 22.7 Å². The van der Waals surface area contributed by atoms with E-state index in [1.807, 2.05) is 0 Å². The molecule has 0 nitrogen and oxygen atoms in total. The van der Waals surface area contributed by atoms with Gasteiger partial charge in [-0.25, -0.2) is 0 Å². The van der Waals surface area contributed by atoms with Crippen LogP contribution in [-0.4, -0.2) is 10.2 Å². The quantitative estimate of drug-likeness (QED) is 0.496. The first-order valence-electron chi connectivity index (χ1n) is 2.62. The molecule has 1 rings (SSSR count). The van der Waals surface area contributed by atoms with Gasteiger partial charge in [0.1, 0.15) is 0 Å². The standard InChI is InChI=1S/C6H6BrISi/c7-4-2-1-3-5(8)6(4)9/h1-3H,9H3. The lowest BCUT2D eigenvalue weighted by molar-refractivity contribution is 1.66. The molecule has 0 atom stereocenters. The normalized spacial score (nSPS) is 10.0. The summed E-state index contributed by atoms with van der Waals surface area (Å²) in [5.74, 6) is 0. The van der Waals surface area contributed by atoms with E-state index in [2.05, 4.69) is 56.7 Å². The van der Waals surface area contributed by atoms with Crippen LogP contribution in [0.25, 0.3) is 0 Å². The van der Waals surface area contributed by atoms with E-state index in [1.54, 1.807) is 0 Å². The van der Waals surface area contributed by atoms with Gasteiger partial charge in [-0.3, -0.25) is 0 Å². The van der Waals surface area contributed by atoms with Crippen LogP contribution < -0.4 is 5.19 Å². The molecule has 0 spiro atoms. The van der Waals surface area contributed by atoms with Gasteiger partial charge in [0.05, 0.1) is 0 Å². The summed E-state index contributed by atoms with van der Waals surface area (Å²) < 4.78 is 2.62. The Hall–Kier alpha value is 0.647. The minimum atomic E-state index is 1.12. The summed E-state index contributed by atoms with van der Waals surface area (Å²) in [5.41, 5.74) is 0. The van der Waals surface area contributed by atoms with Crippen molar-refractivity contribution in [1.82, 2.24) is 0 Å². The third-order valence-corrected chi connectivity index (χ3v) is 6.06. The van der Waals surface area contributed by atoms with Gasteiger partial charge >= 0.3 is 0 Å². The van der Waals surface area contributed by atoms with Gasteiger partial charge in [0.15, 0.2) is 0 Å². The summed E-state index contributed by atoms with van der Waals surface area (Å²) in [5, 5.41) is 1.46. The second-order valence-corrected chi connectivity index (χ2v) is 4.86. The van der Waals surface area contributed by atoms with Crippen molar-refractivity contribution in [1.29, 1.82) is 0 Å². The highest BCUT2D eigenvalue weighted by Gasteiger charge is 1.94. The van der Waals surface area contributed by atoms with E-state index in [4.69, 9.17) is 0 Å². The maximum Gasteiger partial charge on any atom is 0.0413 e. The molecule has 0 aliphatic heterocycles. The van der Waals surface area contributed by atoms with Crippen molar-refractivity contribution in [3.05, 3.63) is 26.2 Å². The number of hydrogen-bond donors (Lipinski definition) is 0. The number of halogens is 2. The lowest BCUT2D eigenvalue weighted by Crippen LogP contribution is -2.07. The Kier molecular flexibility index (Phi) is 2.72. The molecule has 0 unspecified atom stereocenters. The third kappa shape index (κ3) is 1.78. The Bertz CT molecular complexity index is 204. The summed E-state index contributed by atoms with van der Waals surface area (Å²) >= 11 is 5.83.